The van der Waals surface area contributed by atoms with Crippen molar-refractivity contribution in [2.24, 2.45) is 0 Å². The summed E-state index contributed by atoms with van der Waals surface area (Å²) in [6.45, 7) is 7.94. The predicted octanol–water partition coefficient (Wildman–Crippen LogP) is 1.72. The molecule has 0 amide bonds. The third kappa shape index (κ3) is 2.38. The van der Waals surface area contributed by atoms with Crippen LogP contribution in [0.15, 0.2) is 12.4 Å². The van der Waals surface area contributed by atoms with Crippen LogP contribution in [0.1, 0.15) is 42.9 Å². The first-order valence-electron chi connectivity index (χ1n) is 6.52. The molecule has 0 aromatic carbocycles. The number of hydrogen-bond acceptors (Lipinski definition) is 5. The van der Waals surface area contributed by atoms with E-state index >= 15 is 0 Å². The molecule has 108 valence electrons. The van der Waals surface area contributed by atoms with Gasteiger partial charge in [0.25, 0.3) is 0 Å². The maximum absolute atomic E-state index is 11.7. The maximum Gasteiger partial charge on any atom is 0.341 e. The van der Waals surface area contributed by atoms with E-state index in [0.29, 0.717) is 23.7 Å². The van der Waals surface area contributed by atoms with Gasteiger partial charge in [0.2, 0.25) is 0 Å². The average molecular weight is 277 g/mol. The molecule has 7 nitrogen and oxygen atoms in total. The number of ether oxygens (including phenoxy) is 1. The molecule has 0 aliphatic heterocycles. The molecule has 2 heterocycles. The lowest BCUT2D eigenvalue weighted by Crippen LogP contribution is -2.11. The molecule has 0 aliphatic rings. The lowest BCUT2D eigenvalue weighted by Gasteiger charge is -2.11. The first-order valence-corrected chi connectivity index (χ1v) is 6.52. The van der Waals surface area contributed by atoms with Crippen LogP contribution in [0.4, 0.5) is 5.69 Å². The monoisotopic (exact) mass is 277 g/mol. The normalized spacial score (nSPS) is 11.1. The van der Waals surface area contributed by atoms with Gasteiger partial charge in [-0.2, -0.15) is 10.2 Å². The molecule has 0 atom stereocenters. The topological polar surface area (TPSA) is 88.0 Å². The predicted molar refractivity (Wildman–Crippen MR) is 74.8 cm³/mol. The van der Waals surface area contributed by atoms with Crippen molar-refractivity contribution < 1.29 is 9.53 Å². The summed E-state index contributed by atoms with van der Waals surface area (Å²) in [6.07, 6.45) is 3.06. The molecule has 20 heavy (non-hydrogen) atoms. The Labute approximate surface area is 117 Å². The highest BCUT2D eigenvalue weighted by Crippen LogP contribution is 2.24. The first kappa shape index (κ1) is 14.1. The van der Waals surface area contributed by atoms with Crippen molar-refractivity contribution in [1.29, 1.82) is 0 Å². The molecule has 0 saturated carbocycles. The number of nitrogen functional groups attached to an aromatic ring is 1. The zero-order valence-corrected chi connectivity index (χ0v) is 12.1. The molecule has 2 aromatic heterocycles. The van der Waals surface area contributed by atoms with Gasteiger partial charge in [-0.3, -0.25) is 0 Å². The Morgan fingerprint density at radius 2 is 2.20 bits per heavy atom. The number of carbonyl (C=O) groups excluding carboxylic acids is 1. The van der Waals surface area contributed by atoms with Crippen LogP contribution in [0.2, 0.25) is 0 Å². The second-order valence-electron chi connectivity index (χ2n) is 4.76. The Kier molecular flexibility index (Phi) is 3.78. The smallest absolute Gasteiger partial charge is 0.341 e. The van der Waals surface area contributed by atoms with E-state index in [2.05, 4.69) is 10.2 Å². The summed E-state index contributed by atoms with van der Waals surface area (Å²) in [5, 5.41) is 8.57. The molecule has 0 saturated heterocycles. The summed E-state index contributed by atoms with van der Waals surface area (Å²) in [6, 6.07) is 0.135. The van der Waals surface area contributed by atoms with Crippen LogP contribution in [0.3, 0.4) is 0 Å². The molecular formula is C13H19N5O2. The number of esters is 1. The Bertz CT molecular complexity index is 627. The van der Waals surface area contributed by atoms with Crippen molar-refractivity contribution in [1.82, 2.24) is 19.6 Å². The molecular weight excluding hydrogens is 258 g/mol. The van der Waals surface area contributed by atoms with Crippen LogP contribution >= 0.6 is 0 Å². The van der Waals surface area contributed by atoms with Gasteiger partial charge in [0.05, 0.1) is 29.7 Å². The number of nitrogens with two attached hydrogens (primary N) is 1. The third-order valence-electron chi connectivity index (χ3n) is 2.91. The first-order chi connectivity index (χ1) is 9.45. The van der Waals surface area contributed by atoms with Crippen LogP contribution in [0.5, 0.6) is 0 Å². The lowest BCUT2D eigenvalue weighted by atomic mass is 10.3. The molecule has 0 aliphatic carbocycles. The summed E-state index contributed by atoms with van der Waals surface area (Å²) in [7, 11) is 0. The van der Waals surface area contributed by atoms with Crippen molar-refractivity contribution in [3.8, 4) is 5.82 Å². The van der Waals surface area contributed by atoms with Gasteiger partial charge in [0.15, 0.2) is 5.82 Å². The number of aryl methyl sites for hydroxylation is 1. The summed E-state index contributed by atoms with van der Waals surface area (Å²) in [4.78, 5) is 11.7. The van der Waals surface area contributed by atoms with Crippen LogP contribution < -0.4 is 5.73 Å². The van der Waals surface area contributed by atoms with Gasteiger partial charge in [-0.15, -0.1) is 0 Å². The number of nitrogens with zero attached hydrogens (tertiary/aromatic N) is 4. The van der Waals surface area contributed by atoms with Crippen molar-refractivity contribution in [3.05, 3.63) is 23.7 Å². The van der Waals surface area contributed by atoms with E-state index in [1.807, 2.05) is 20.8 Å². The zero-order valence-electron chi connectivity index (χ0n) is 12.1. The molecule has 2 aromatic rings. The zero-order chi connectivity index (χ0) is 14.9. The van der Waals surface area contributed by atoms with Gasteiger partial charge in [-0.1, -0.05) is 0 Å². The van der Waals surface area contributed by atoms with E-state index in [-0.39, 0.29) is 6.04 Å². The second-order valence-corrected chi connectivity index (χ2v) is 4.76. The average Bonchev–Trinajstić information content (AvgIpc) is 2.96. The summed E-state index contributed by atoms with van der Waals surface area (Å²) < 4.78 is 8.29. The van der Waals surface area contributed by atoms with Gasteiger partial charge in [0.1, 0.15) is 0 Å². The van der Waals surface area contributed by atoms with Gasteiger partial charge in [-0.05, 0) is 27.7 Å². The van der Waals surface area contributed by atoms with Crippen LogP contribution in [-0.4, -0.2) is 32.1 Å². The summed E-state index contributed by atoms with van der Waals surface area (Å²) >= 11 is 0. The van der Waals surface area contributed by atoms with E-state index in [9.17, 15) is 4.79 Å². The van der Waals surface area contributed by atoms with Crippen molar-refractivity contribution >= 4 is 11.7 Å². The number of carbonyl (C=O) groups is 1. The molecule has 2 rings (SSSR count). The minimum Gasteiger partial charge on any atom is -0.462 e. The van der Waals surface area contributed by atoms with E-state index in [1.165, 1.54) is 6.20 Å². The Morgan fingerprint density at radius 1 is 1.50 bits per heavy atom. The minimum absolute atomic E-state index is 0.135. The molecule has 0 spiro atoms. The highest BCUT2D eigenvalue weighted by Gasteiger charge is 2.19. The van der Waals surface area contributed by atoms with Crippen LogP contribution in [0.25, 0.3) is 5.82 Å². The van der Waals surface area contributed by atoms with Crippen molar-refractivity contribution in [2.45, 2.75) is 33.7 Å². The van der Waals surface area contributed by atoms with Crippen LogP contribution in [-0.2, 0) is 4.74 Å². The van der Waals surface area contributed by atoms with Crippen molar-refractivity contribution in [3.63, 3.8) is 0 Å². The minimum atomic E-state index is -0.398. The molecule has 7 heteroatoms. The van der Waals surface area contributed by atoms with E-state index in [4.69, 9.17) is 10.5 Å². The van der Waals surface area contributed by atoms with Crippen molar-refractivity contribution in [2.75, 3.05) is 12.3 Å². The SMILES string of the molecule is CCOC(=O)c1cnn(-c2c(N)c(C)nn2C(C)C)c1. The van der Waals surface area contributed by atoms with Gasteiger partial charge >= 0.3 is 5.97 Å². The quantitative estimate of drug-likeness (QED) is 0.860. The Morgan fingerprint density at radius 3 is 2.80 bits per heavy atom. The van der Waals surface area contributed by atoms with Gasteiger partial charge < -0.3 is 10.5 Å². The standard InChI is InChI=1S/C13H19N5O2/c1-5-20-13(19)10-6-15-17(7-10)12-11(14)9(4)16-18(12)8(2)3/h6-8H,5,14H2,1-4H3. The second kappa shape index (κ2) is 5.36. The summed E-state index contributed by atoms with van der Waals surface area (Å²) in [5.41, 5.74) is 7.74. The number of anilines is 1. The fourth-order valence-corrected chi connectivity index (χ4v) is 1.89. The molecule has 0 fully saturated rings. The Balaban J connectivity index is 2.45. The van der Waals surface area contributed by atoms with Gasteiger partial charge in [0, 0.05) is 12.2 Å². The highest BCUT2D eigenvalue weighted by molar-refractivity contribution is 5.88. The Hall–Kier alpha value is -2.31. The molecule has 2 N–H and O–H groups in total. The third-order valence-corrected chi connectivity index (χ3v) is 2.91. The largest absolute Gasteiger partial charge is 0.462 e. The van der Waals surface area contributed by atoms with E-state index in [0.717, 1.165) is 5.69 Å². The number of aromatic nitrogens is 4. The lowest BCUT2D eigenvalue weighted by molar-refractivity contribution is 0.0526. The molecule has 0 bridgehead atoms. The van der Waals surface area contributed by atoms with Crippen LogP contribution in [0, 0.1) is 6.92 Å². The maximum atomic E-state index is 11.7. The number of hydrogen-bond donors (Lipinski definition) is 1. The van der Waals surface area contributed by atoms with E-state index in [1.54, 1.807) is 22.5 Å². The highest BCUT2D eigenvalue weighted by atomic mass is 16.5. The summed E-state index contributed by atoms with van der Waals surface area (Å²) in [5.74, 6) is 0.262. The molecule has 0 radical (unpaired) electrons. The fourth-order valence-electron chi connectivity index (χ4n) is 1.89. The van der Waals surface area contributed by atoms with E-state index < -0.39 is 5.97 Å². The van der Waals surface area contributed by atoms with Gasteiger partial charge in [-0.25, -0.2) is 14.2 Å². The number of rotatable bonds is 4. The fraction of sp³-hybridized carbons (Fsp3) is 0.462. The molecule has 0 unspecified atom stereocenters.